The van der Waals surface area contributed by atoms with Crippen LogP contribution in [0.3, 0.4) is 0 Å². The van der Waals surface area contributed by atoms with Crippen LogP contribution in [0.15, 0.2) is 12.1 Å². The van der Waals surface area contributed by atoms with Crippen molar-refractivity contribution in [3.8, 4) is 11.5 Å². The van der Waals surface area contributed by atoms with E-state index in [4.69, 9.17) is 5.11 Å². The van der Waals surface area contributed by atoms with Crippen molar-refractivity contribution in [3.63, 3.8) is 0 Å². The van der Waals surface area contributed by atoms with Gasteiger partial charge in [-0.1, -0.05) is 0 Å². The molecule has 1 rings (SSSR count). The number of phenolic OH excluding ortho intramolecular Hbond substituents is 2. The summed E-state index contributed by atoms with van der Waals surface area (Å²) in [7, 11) is 0. The minimum atomic E-state index is -0.837. The molecule has 0 radical (unpaired) electrons. The van der Waals surface area contributed by atoms with E-state index < -0.39 is 33.5 Å². The molecule has 0 atom stereocenters. The first kappa shape index (κ1) is 9.97. The van der Waals surface area contributed by atoms with Gasteiger partial charge >= 0.3 is 0 Å². The Bertz CT molecular complexity index is 412. The second-order valence-electron chi connectivity index (χ2n) is 2.67. The van der Waals surface area contributed by atoms with E-state index in [1.807, 2.05) is 0 Å². The highest BCUT2D eigenvalue weighted by atomic mass is 16.6. The second kappa shape index (κ2) is 3.33. The molecule has 2 N–H and O–H groups in total. The first-order valence-electron chi connectivity index (χ1n) is 3.64. The number of rotatable bonds is 2. The van der Waals surface area contributed by atoms with Crippen molar-refractivity contribution in [2.24, 2.45) is 0 Å². The lowest BCUT2D eigenvalue weighted by atomic mass is 10.1. The van der Waals surface area contributed by atoms with Crippen molar-refractivity contribution in [1.82, 2.24) is 0 Å². The molecule has 0 amide bonds. The molecule has 0 heterocycles. The van der Waals surface area contributed by atoms with E-state index in [1.165, 1.54) is 0 Å². The number of nitro benzene ring substituents is 1. The topological polar surface area (TPSA) is 101 Å². The van der Waals surface area contributed by atoms with E-state index in [-0.39, 0.29) is 0 Å². The maximum absolute atomic E-state index is 11.0. The highest BCUT2D eigenvalue weighted by Gasteiger charge is 2.22. The van der Waals surface area contributed by atoms with Crippen LogP contribution in [0.25, 0.3) is 0 Å². The van der Waals surface area contributed by atoms with Crippen molar-refractivity contribution < 1.29 is 19.9 Å². The Morgan fingerprint density at radius 1 is 1.43 bits per heavy atom. The predicted octanol–water partition coefficient (Wildman–Crippen LogP) is 1.21. The molecule has 6 heteroatoms. The number of nitro groups is 1. The fourth-order valence-electron chi connectivity index (χ4n) is 1.10. The third kappa shape index (κ3) is 1.63. The summed E-state index contributed by atoms with van der Waals surface area (Å²) in [6.07, 6.45) is 0. The van der Waals surface area contributed by atoms with Gasteiger partial charge in [0.15, 0.2) is 5.78 Å². The Morgan fingerprint density at radius 3 is 2.43 bits per heavy atom. The maximum atomic E-state index is 11.0. The Morgan fingerprint density at radius 2 is 2.00 bits per heavy atom. The molecule has 0 aromatic heterocycles. The van der Waals surface area contributed by atoms with Crippen molar-refractivity contribution in [3.05, 3.63) is 27.8 Å². The summed E-state index contributed by atoms with van der Waals surface area (Å²) < 4.78 is 0. The van der Waals surface area contributed by atoms with Crippen LogP contribution in [-0.2, 0) is 0 Å². The smallest absolute Gasteiger partial charge is 0.287 e. The van der Waals surface area contributed by atoms with Gasteiger partial charge in [0.25, 0.3) is 5.69 Å². The molecule has 0 aliphatic heterocycles. The van der Waals surface area contributed by atoms with Gasteiger partial charge in [-0.15, -0.1) is 0 Å². The predicted molar refractivity (Wildman–Crippen MR) is 46.4 cm³/mol. The number of nitrogens with zero attached hydrogens (tertiary/aromatic N) is 1. The average molecular weight is 197 g/mol. The molecular weight excluding hydrogens is 190 g/mol. The number of carbonyl (C=O) groups excluding carboxylic acids is 1. The molecule has 6 nitrogen and oxygen atoms in total. The van der Waals surface area contributed by atoms with Crippen molar-refractivity contribution in [2.45, 2.75) is 6.92 Å². The Labute approximate surface area is 78.6 Å². The number of carbonyl (C=O) groups is 1. The van der Waals surface area contributed by atoms with Crippen molar-refractivity contribution in [2.75, 3.05) is 0 Å². The Kier molecular flexibility index (Phi) is 2.37. The minimum absolute atomic E-state index is 0.396. The third-order valence-corrected chi connectivity index (χ3v) is 1.63. The quantitative estimate of drug-likeness (QED) is 0.421. The van der Waals surface area contributed by atoms with Crippen LogP contribution in [0.5, 0.6) is 11.5 Å². The summed E-state index contributed by atoms with van der Waals surface area (Å²) in [6.45, 7) is 1.10. The molecule has 0 unspecified atom stereocenters. The van der Waals surface area contributed by atoms with E-state index >= 15 is 0 Å². The molecular formula is C8H7NO5. The summed E-state index contributed by atoms with van der Waals surface area (Å²) >= 11 is 0. The van der Waals surface area contributed by atoms with Gasteiger partial charge in [0.2, 0.25) is 0 Å². The van der Waals surface area contributed by atoms with Crippen LogP contribution in [0.4, 0.5) is 5.69 Å². The van der Waals surface area contributed by atoms with Crippen molar-refractivity contribution in [1.29, 1.82) is 0 Å². The monoisotopic (exact) mass is 197 g/mol. The maximum Gasteiger partial charge on any atom is 0.287 e. The lowest BCUT2D eigenvalue weighted by Crippen LogP contribution is -2.00. The molecule has 0 saturated heterocycles. The van der Waals surface area contributed by atoms with Crippen LogP contribution < -0.4 is 0 Å². The molecule has 14 heavy (non-hydrogen) atoms. The first-order valence-corrected chi connectivity index (χ1v) is 3.64. The summed E-state index contributed by atoms with van der Waals surface area (Å²) in [6, 6.07) is 1.69. The lowest BCUT2D eigenvalue weighted by Gasteiger charge is -2.02. The molecule has 1 aromatic carbocycles. The zero-order chi connectivity index (χ0) is 10.9. The second-order valence-corrected chi connectivity index (χ2v) is 2.67. The molecule has 0 saturated carbocycles. The highest BCUT2D eigenvalue weighted by molar-refractivity contribution is 6.01. The average Bonchev–Trinajstić information content (AvgIpc) is 2.01. The van der Waals surface area contributed by atoms with Gasteiger partial charge in [0.05, 0.1) is 11.0 Å². The Hall–Kier alpha value is -2.11. The van der Waals surface area contributed by atoms with Gasteiger partial charge in [0.1, 0.15) is 17.1 Å². The van der Waals surface area contributed by atoms with Crippen LogP contribution in [-0.4, -0.2) is 20.9 Å². The lowest BCUT2D eigenvalue weighted by molar-refractivity contribution is -0.385. The number of hydrogen-bond donors (Lipinski definition) is 2. The molecule has 1 aromatic rings. The van der Waals surface area contributed by atoms with E-state index in [0.29, 0.717) is 0 Å². The fourth-order valence-corrected chi connectivity index (χ4v) is 1.10. The molecule has 0 aliphatic rings. The summed E-state index contributed by atoms with van der Waals surface area (Å²) in [5, 5.41) is 28.6. The van der Waals surface area contributed by atoms with Gasteiger partial charge in [-0.05, 0) is 6.92 Å². The van der Waals surface area contributed by atoms with Gasteiger partial charge in [-0.2, -0.15) is 0 Å². The van der Waals surface area contributed by atoms with Crippen LogP contribution in [0.1, 0.15) is 17.3 Å². The SMILES string of the molecule is CC(=O)c1c(O)cc(O)cc1[N+](=O)[O-]. The standard InChI is InChI=1S/C8H7NO5/c1-4(10)8-6(9(13)14)2-5(11)3-7(8)12/h2-3,11-12H,1H3. The Balaban J connectivity index is 3.52. The molecule has 0 bridgehead atoms. The number of phenols is 2. The number of ketones is 1. The van der Waals surface area contributed by atoms with Crippen LogP contribution in [0, 0.1) is 10.1 Å². The number of hydrogen-bond acceptors (Lipinski definition) is 5. The van der Waals surface area contributed by atoms with E-state index in [0.717, 1.165) is 19.1 Å². The molecule has 0 spiro atoms. The minimum Gasteiger partial charge on any atom is -0.508 e. The fraction of sp³-hybridized carbons (Fsp3) is 0.125. The van der Waals surface area contributed by atoms with Crippen LogP contribution >= 0.6 is 0 Å². The molecule has 0 fully saturated rings. The first-order chi connectivity index (χ1) is 6.43. The zero-order valence-electron chi connectivity index (χ0n) is 7.22. The zero-order valence-corrected chi connectivity index (χ0v) is 7.22. The number of aromatic hydroxyl groups is 2. The largest absolute Gasteiger partial charge is 0.508 e. The van der Waals surface area contributed by atoms with Gasteiger partial charge in [-0.3, -0.25) is 14.9 Å². The molecule has 0 aliphatic carbocycles. The van der Waals surface area contributed by atoms with E-state index in [9.17, 15) is 20.0 Å². The van der Waals surface area contributed by atoms with Gasteiger partial charge in [-0.25, -0.2) is 0 Å². The summed E-state index contributed by atoms with van der Waals surface area (Å²) in [5.41, 5.74) is -0.997. The van der Waals surface area contributed by atoms with Crippen LogP contribution in [0.2, 0.25) is 0 Å². The van der Waals surface area contributed by atoms with E-state index in [2.05, 4.69) is 0 Å². The number of Topliss-reactive ketones (excluding diaryl/α,β-unsaturated/α-hetero) is 1. The highest BCUT2D eigenvalue weighted by Crippen LogP contribution is 2.32. The number of benzene rings is 1. The third-order valence-electron chi connectivity index (χ3n) is 1.63. The molecule has 74 valence electrons. The van der Waals surface area contributed by atoms with Crippen molar-refractivity contribution >= 4 is 11.5 Å². The van der Waals surface area contributed by atoms with Gasteiger partial charge in [0, 0.05) is 6.07 Å². The summed E-state index contributed by atoms with van der Waals surface area (Å²) in [5.74, 6) is -1.68. The summed E-state index contributed by atoms with van der Waals surface area (Å²) in [4.78, 5) is 20.6. The van der Waals surface area contributed by atoms with Gasteiger partial charge < -0.3 is 10.2 Å². The normalized spacial score (nSPS) is 9.79. The van der Waals surface area contributed by atoms with E-state index in [1.54, 1.807) is 0 Å².